The summed E-state index contributed by atoms with van der Waals surface area (Å²) >= 11 is 0. The van der Waals surface area contributed by atoms with Gasteiger partial charge in [-0.15, -0.1) is 0 Å². The molecule has 0 bridgehead atoms. The van der Waals surface area contributed by atoms with Gasteiger partial charge in [-0.3, -0.25) is 10.1 Å². The number of benzene rings is 1. The van der Waals surface area contributed by atoms with Crippen LogP contribution in [0.3, 0.4) is 0 Å². The van der Waals surface area contributed by atoms with E-state index in [1.54, 1.807) is 6.07 Å². The molecule has 6 heteroatoms. The molecule has 100 valence electrons. The van der Waals surface area contributed by atoms with Crippen molar-refractivity contribution in [1.29, 1.82) is 0 Å². The van der Waals surface area contributed by atoms with E-state index in [4.69, 9.17) is 0 Å². The van der Waals surface area contributed by atoms with Crippen LogP contribution in [0.2, 0.25) is 0 Å². The van der Waals surface area contributed by atoms with Gasteiger partial charge in [0.15, 0.2) is 0 Å². The molecule has 2 aromatic rings. The SMILES string of the molecule is CCCC(O)Cc1ncnc2ccc([N+](=O)[O-])cc12. The molecule has 0 amide bonds. The van der Waals surface area contributed by atoms with Crippen molar-refractivity contribution >= 4 is 16.6 Å². The molecule has 2 rings (SSSR count). The summed E-state index contributed by atoms with van der Waals surface area (Å²) in [7, 11) is 0. The lowest BCUT2D eigenvalue weighted by molar-refractivity contribution is -0.384. The Morgan fingerprint density at radius 2 is 2.21 bits per heavy atom. The van der Waals surface area contributed by atoms with Gasteiger partial charge < -0.3 is 5.11 Å². The summed E-state index contributed by atoms with van der Waals surface area (Å²) in [6.45, 7) is 1.99. The lowest BCUT2D eigenvalue weighted by Crippen LogP contribution is -2.11. The third-order valence-electron chi connectivity index (χ3n) is 2.96. The number of rotatable bonds is 5. The van der Waals surface area contributed by atoms with Crippen LogP contribution in [0.4, 0.5) is 5.69 Å². The Bertz CT molecular complexity index is 601. The van der Waals surface area contributed by atoms with Crippen molar-refractivity contribution in [2.24, 2.45) is 0 Å². The molecule has 0 saturated carbocycles. The van der Waals surface area contributed by atoms with Gasteiger partial charge >= 0.3 is 0 Å². The lowest BCUT2D eigenvalue weighted by Gasteiger charge is -2.10. The molecule has 0 fully saturated rings. The van der Waals surface area contributed by atoms with Crippen molar-refractivity contribution in [1.82, 2.24) is 9.97 Å². The molecule has 1 aromatic heterocycles. The fourth-order valence-corrected chi connectivity index (χ4v) is 2.03. The van der Waals surface area contributed by atoms with Crippen LogP contribution in [-0.4, -0.2) is 26.1 Å². The Labute approximate surface area is 110 Å². The maximum atomic E-state index is 10.8. The van der Waals surface area contributed by atoms with Crippen LogP contribution in [0.15, 0.2) is 24.5 Å². The van der Waals surface area contributed by atoms with Gasteiger partial charge in [0.2, 0.25) is 0 Å². The molecular formula is C13H15N3O3. The minimum absolute atomic E-state index is 0.00790. The number of hydrogen-bond acceptors (Lipinski definition) is 5. The molecule has 1 unspecified atom stereocenters. The Morgan fingerprint density at radius 3 is 2.89 bits per heavy atom. The van der Waals surface area contributed by atoms with Crippen molar-refractivity contribution in [2.45, 2.75) is 32.3 Å². The van der Waals surface area contributed by atoms with Gasteiger partial charge in [-0.2, -0.15) is 0 Å². The predicted octanol–water partition coefficient (Wildman–Crippen LogP) is 2.24. The van der Waals surface area contributed by atoms with Gasteiger partial charge in [-0.1, -0.05) is 13.3 Å². The van der Waals surface area contributed by atoms with E-state index >= 15 is 0 Å². The Balaban J connectivity index is 2.42. The van der Waals surface area contributed by atoms with E-state index in [1.807, 2.05) is 6.92 Å². The Hall–Kier alpha value is -2.08. The van der Waals surface area contributed by atoms with E-state index in [1.165, 1.54) is 18.5 Å². The maximum absolute atomic E-state index is 10.8. The summed E-state index contributed by atoms with van der Waals surface area (Å²) in [4.78, 5) is 18.6. The first kappa shape index (κ1) is 13.4. The molecule has 0 radical (unpaired) electrons. The van der Waals surface area contributed by atoms with E-state index < -0.39 is 11.0 Å². The normalized spacial score (nSPS) is 12.5. The van der Waals surface area contributed by atoms with Gasteiger partial charge in [0, 0.05) is 23.9 Å². The fourth-order valence-electron chi connectivity index (χ4n) is 2.03. The minimum Gasteiger partial charge on any atom is -0.393 e. The van der Waals surface area contributed by atoms with Gasteiger partial charge in [0.05, 0.1) is 22.2 Å². The monoisotopic (exact) mass is 261 g/mol. The molecule has 0 aliphatic carbocycles. The first-order chi connectivity index (χ1) is 9.11. The van der Waals surface area contributed by atoms with Crippen molar-refractivity contribution in [3.05, 3.63) is 40.3 Å². The number of nitro benzene ring substituents is 1. The number of hydrogen-bond donors (Lipinski definition) is 1. The summed E-state index contributed by atoms with van der Waals surface area (Å²) in [6, 6.07) is 4.48. The van der Waals surface area contributed by atoms with Crippen LogP contribution < -0.4 is 0 Å². The number of fused-ring (bicyclic) bond motifs is 1. The second kappa shape index (κ2) is 5.71. The third-order valence-corrected chi connectivity index (χ3v) is 2.96. The zero-order chi connectivity index (χ0) is 13.8. The molecular weight excluding hydrogens is 246 g/mol. The highest BCUT2D eigenvalue weighted by Crippen LogP contribution is 2.22. The van der Waals surface area contributed by atoms with Crippen LogP contribution in [0, 0.1) is 10.1 Å². The second-order valence-electron chi connectivity index (χ2n) is 4.43. The Kier molecular flexibility index (Phi) is 4.01. The number of aromatic nitrogens is 2. The molecule has 1 atom stereocenters. The van der Waals surface area contributed by atoms with E-state index in [9.17, 15) is 15.2 Å². The molecule has 6 nitrogen and oxygen atoms in total. The first-order valence-electron chi connectivity index (χ1n) is 6.18. The van der Waals surface area contributed by atoms with E-state index in [2.05, 4.69) is 9.97 Å². The summed E-state index contributed by atoms with van der Waals surface area (Å²) in [6.07, 6.45) is 2.88. The molecule has 0 spiro atoms. The summed E-state index contributed by atoms with van der Waals surface area (Å²) in [5, 5.41) is 21.3. The van der Waals surface area contributed by atoms with E-state index in [0.29, 0.717) is 29.4 Å². The van der Waals surface area contributed by atoms with Crippen LogP contribution >= 0.6 is 0 Å². The average molecular weight is 261 g/mol. The molecule has 1 aromatic carbocycles. The van der Waals surface area contributed by atoms with E-state index in [0.717, 1.165) is 6.42 Å². The van der Waals surface area contributed by atoms with Gasteiger partial charge in [0.25, 0.3) is 5.69 Å². The highest BCUT2D eigenvalue weighted by Gasteiger charge is 2.13. The molecule has 0 aliphatic rings. The smallest absolute Gasteiger partial charge is 0.270 e. The van der Waals surface area contributed by atoms with Crippen molar-refractivity contribution in [2.75, 3.05) is 0 Å². The van der Waals surface area contributed by atoms with Gasteiger partial charge in [-0.05, 0) is 12.5 Å². The van der Waals surface area contributed by atoms with Gasteiger partial charge in [0.1, 0.15) is 6.33 Å². The first-order valence-corrected chi connectivity index (χ1v) is 6.18. The quantitative estimate of drug-likeness (QED) is 0.658. The highest BCUT2D eigenvalue weighted by atomic mass is 16.6. The second-order valence-corrected chi connectivity index (χ2v) is 4.43. The van der Waals surface area contributed by atoms with Crippen LogP contribution in [0.5, 0.6) is 0 Å². The van der Waals surface area contributed by atoms with Crippen LogP contribution in [0.1, 0.15) is 25.5 Å². The summed E-state index contributed by atoms with van der Waals surface area (Å²) in [5.74, 6) is 0. The topological polar surface area (TPSA) is 89.2 Å². The largest absolute Gasteiger partial charge is 0.393 e. The zero-order valence-corrected chi connectivity index (χ0v) is 10.6. The molecule has 0 saturated heterocycles. The van der Waals surface area contributed by atoms with E-state index in [-0.39, 0.29) is 5.69 Å². The number of non-ortho nitro benzene ring substituents is 1. The maximum Gasteiger partial charge on any atom is 0.270 e. The standard InChI is InChI=1S/C13H15N3O3/c1-2-3-10(17)7-13-11-6-9(16(18)19)4-5-12(11)14-8-15-13/h4-6,8,10,17H,2-3,7H2,1H3. The van der Waals surface area contributed by atoms with Gasteiger partial charge in [-0.25, -0.2) is 9.97 Å². The molecule has 1 heterocycles. The molecule has 19 heavy (non-hydrogen) atoms. The summed E-state index contributed by atoms with van der Waals surface area (Å²) < 4.78 is 0. The number of nitro groups is 1. The summed E-state index contributed by atoms with van der Waals surface area (Å²) in [5.41, 5.74) is 1.31. The predicted molar refractivity (Wildman–Crippen MR) is 70.8 cm³/mol. The van der Waals surface area contributed by atoms with Crippen LogP contribution in [0.25, 0.3) is 10.9 Å². The van der Waals surface area contributed by atoms with Crippen molar-refractivity contribution in [3.63, 3.8) is 0 Å². The zero-order valence-electron chi connectivity index (χ0n) is 10.6. The Morgan fingerprint density at radius 1 is 1.42 bits per heavy atom. The average Bonchev–Trinajstić information content (AvgIpc) is 2.38. The number of nitrogens with zero attached hydrogens (tertiary/aromatic N) is 3. The molecule has 1 N–H and O–H groups in total. The van der Waals surface area contributed by atoms with Crippen molar-refractivity contribution in [3.8, 4) is 0 Å². The number of aliphatic hydroxyl groups excluding tert-OH is 1. The fraction of sp³-hybridized carbons (Fsp3) is 0.385. The minimum atomic E-state index is -0.484. The molecule has 0 aliphatic heterocycles. The highest BCUT2D eigenvalue weighted by molar-refractivity contribution is 5.83. The lowest BCUT2D eigenvalue weighted by atomic mass is 10.1. The number of aliphatic hydroxyl groups is 1. The third kappa shape index (κ3) is 3.03. The van der Waals surface area contributed by atoms with Crippen molar-refractivity contribution < 1.29 is 10.0 Å². The van der Waals surface area contributed by atoms with Crippen LogP contribution in [-0.2, 0) is 6.42 Å².